The van der Waals surface area contributed by atoms with E-state index in [0.717, 1.165) is 0 Å². The van der Waals surface area contributed by atoms with Crippen molar-refractivity contribution in [2.24, 2.45) is 0 Å². The van der Waals surface area contributed by atoms with Gasteiger partial charge in [-0.05, 0) is 24.3 Å². The summed E-state index contributed by atoms with van der Waals surface area (Å²) >= 11 is 11.7. The minimum Gasteiger partial charge on any atom is -0.285 e. The summed E-state index contributed by atoms with van der Waals surface area (Å²) in [5.41, 5.74) is 0.345. The van der Waals surface area contributed by atoms with Crippen LogP contribution in [-0.2, 0) is 0 Å². The minimum atomic E-state index is -0.317. The number of aromatic nitrogens is 2. The van der Waals surface area contributed by atoms with Gasteiger partial charge in [-0.15, -0.1) is 0 Å². The molecule has 1 aromatic carbocycles. The third kappa shape index (κ3) is 2.21. The van der Waals surface area contributed by atoms with Gasteiger partial charge in [0, 0.05) is 23.0 Å². The average Bonchev–Trinajstić information content (AvgIpc) is 2.29. The van der Waals surface area contributed by atoms with Gasteiger partial charge in [0.05, 0.1) is 5.02 Å². The predicted octanol–water partition coefficient (Wildman–Crippen LogP) is 3.01. The molecule has 1 heterocycles. The van der Waals surface area contributed by atoms with E-state index in [1.807, 2.05) is 0 Å². The molecule has 0 saturated heterocycles. The summed E-state index contributed by atoms with van der Waals surface area (Å²) in [6, 6.07) is 6.31. The van der Waals surface area contributed by atoms with Crippen LogP contribution in [0.4, 0.5) is 0 Å². The first kappa shape index (κ1) is 11.0. The molecule has 1 aromatic heterocycles. The summed E-state index contributed by atoms with van der Waals surface area (Å²) in [6.45, 7) is 0. The lowest BCUT2D eigenvalue weighted by atomic mass is 10.1. The first-order valence-electron chi connectivity index (χ1n) is 4.45. The first-order chi connectivity index (χ1) is 7.68. The Bertz CT molecular complexity index is 529. The van der Waals surface area contributed by atoms with E-state index < -0.39 is 0 Å². The van der Waals surface area contributed by atoms with Crippen LogP contribution < -0.4 is 0 Å². The Labute approximate surface area is 102 Å². The summed E-state index contributed by atoms with van der Waals surface area (Å²) in [7, 11) is 0. The monoisotopic (exact) mass is 252 g/mol. The number of carbonyl (C=O) groups is 1. The van der Waals surface area contributed by atoms with Crippen molar-refractivity contribution in [1.82, 2.24) is 9.97 Å². The van der Waals surface area contributed by atoms with Gasteiger partial charge in [0.25, 0.3) is 0 Å². The quantitative estimate of drug-likeness (QED) is 0.772. The molecule has 16 heavy (non-hydrogen) atoms. The normalized spacial score (nSPS) is 10.1. The zero-order valence-corrected chi connectivity index (χ0v) is 9.53. The molecule has 3 nitrogen and oxygen atoms in total. The molecule has 0 unspecified atom stereocenters. The highest BCUT2D eigenvalue weighted by Gasteiger charge is 2.14. The van der Waals surface area contributed by atoms with Crippen molar-refractivity contribution >= 4 is 29.0 Å². The predicted molar refractivity (Wildman–Crippen MR) is 61.9 cm³/mol. The number of halogens is 2. The zero-order valence-electron chi connectivity index (χ0n) is 8.02. The number of rotatable bonds is 2. The Morgan fingerprint density at radius 1 is 1.12 bits per heavy atom. The van der Waals surface area contributed by atoms with Crippen molar-refractivity contribution in [2.45, 2.75) is 0 Å². The fraction of sp³-hybridized carbons (Fsp3) is 0. The molecule has 0 fully saturated rings. The van der Waals surface area contributed by atoms with Crippen molar-refractivity contribution in [3.63, 3.8) is 0 Å². The molecule has 80 valence electrons. The summed E-state index contributed by atoms with van der Waals surface area (Å²) in [5, 5.41) is 0.778. The molecule has 0 saturated carbocycles. The molecule has 2 rings (SSSR count). The third-order valence-corrected chi connectivity index (χ3v) is 2.49. The van der Waals surface area contributed by atoms with Gasteiger partial charge in [0.2, 0.25) is 11.6 Å². The minimum absolute atomic E-state index is 0.117. The SMILES string of the molecule is O=C(c1ncccn1)c1ccc(Cl)cc1Cl. The van der Waals surface area contributed by atoms with Crippen molar-refractivity contribution in [1.29, 1.82) is 0 Å². The zero-order chi connectivity index (χ0) is 11.5. The van der Waals surface area contributed by atoms with E-state index in [0.29, 0.717) is 15.6 Å². The van der Waals surface area contributed by atoms with E-state index >= 15 is 0 Å². The smallest absolute Gasteiger partial charge is 0.231 e. The van der Waals surface area contributed by atoms with Gasteiger partial charge in [-0.2, -0.15) is 0 Å². The van der Waals surface area contributed by atoms with Crippen LogP contribution in [-0.4, -0.2) is 15.8 Å². The maximum atomic E-state index is 11.9. The Balaban J connectivity index is 2.42. The molecule has 0 amide bonds. The van der Waals surface area contributed by atoms with Crippen LogP contribution in [0.1, 0.15) is 16.2 Å². The Hall–Kier alpha value is -1.45. The number of benzene rings is 1. The fourth-order valence-corrected chi connectivity index (χ4v) is 1.70. The Morgan fingerprint density at radius 3 is 2.44 bits per heavy atom. The molecule has 0 aliphatic rings. The van der Waals surface area contributed by atoms with E-state index in [4.69, 9.17) is 23.2 Å². The molecule has 5 heteroatoms. The molecule has 0 bridgehead atoms. The summed E-state index contributed by atoms with van der Waals surface area (Å²) in [6.07, 6.45) is 3.01. The van der Waals surface area contributed by atoms with Gasteiger partial charge in [-0.1, -0.05) is 23.2 Å². The third-order valence-electron chi connectivity index (χ3n) is 1.94. The van der Waals surface area contributed by atoms with Gasteiger partial charge in [0.1, 0.15) is 0 Å². The summed E-state index contributed by atoms with van der Waals surface area (Å²) < 4.78 is 0. The molecule has 0 aliphatic carbocycles. The maximum Gasteiger partial charge on any atom is 0.231 e. The second-order valence-electron chi connectivity index (χ2n) is 3.03. The van der Waals surface area contributed by atoms with Gasteiger partial charge in [-0.25, -0.2) is 9.97 Å². The average molecular weight is 253 g/mol. The molecule has 0 radical (unpaired) electrons. The van der Waals surface area contributed by atoms with Crippen molar-refractivity contribution in [3.05, 3.63) is 58.1 Å². The number of ketones is 1. The van der Waals surface area contributed by atoms with E-state index in [1.165, 1.54) is 18.5 Å². The Kier molecular flexibility index (Phi) is 3.17. The molecular weight excluding hydrogens is 247 g/mol. The fourth-order valence-electron chi connectivity index (χ4n) is 1.21. The van der Waals surface area contributed by atoms with Gasteiger partial charge in [-0.3, -0.25) is 4.79 Å². The van der Waals surface area contributed by atoms with Crippen LogP contribution in [0.3, 0.4) is 0 Å². The van der Waals surface area contributed by atoms with Crippen LogP contribution in [0.15, 0.2) is 36.7 Å². The molecule has 2 aromatic rings. The highest BCUT2D eigenvalue weighted by atomic mass is 35.5. The van der Waals surface area contributed by atoms with Crippen LogP contribution in [0.2, 0.25) is 10.0 Å². The van der Waals surface area contributed by atoms with E-state index in [-0.39, 0.29) is 11.6 Å². The van der Waals surface area contributed by atoms with Crippen molar-refractivity contribution in [2.75, 3.05) is 0 Å². The number of hydrogen-bond acceptors (Lipinski definition) is 3. The van der Waals surface area contributed by atoms with E-state index in [1.54, 1.807) is 18.2 Å². The van der Waals surface area contributed by atoms with Crippen molar-refractivity contribution in [3.8, 4) is 0 Å². The summed E-state index contributed by atoms with van der Waals surface area (Å²) in [5.74, 6) is -0.200. The van der Waals surface area contributed by atoms with Crippen LogP contribution in [0.25, 0.3) is 0 Å². The number of nitrogens with zero attached hydrogens (tertiary/aromatic N) is 2. The van der Waals surface area contributed by atoms with Crippen molar-refractivity contribution < 1.29 is 4.79 Å². The van der Waals surface area contributed by atoms with Crippen LogP contribution in [0, 0.1) is 0 Å². The largest absolute Gasteiger partial charge is 0.285 e. The highest BCUT2D eigenvalue weighted by Crippen LogP contribution is 2.22. The molecule has 0 spiro atoms. The summed E-state index contributed by atoms with van der Waals surface area (Å²) in [4.78, 5) is 19.7. The number of hydrogen-bond donors (Lipinski definition) is 0. The lowest BCUT2D eigenvalue weighted by molar-refractivity contribution is 0.102. The first-order valence-corrected chi connectivity index (χ1v) is 5.21. The standard InChI is InChI=1S/C11H6Cl2N2O/c12-7-2-3-8(9(13)6-7)10(16)11-14-4-1-5-15-11/h1-6H. The lowest BCUT2D eigenvalue weighted by Gasteiger charge is -2.02. The number of carbonyl (C=O) groups excluding carboxylic acids is 1. The van der Waals surface area contributed by atoms with Crippen LogP contribution in [0.5, 0.6) is 0 Å². The Morgan fingerprint density at radius 2 is 1.81 bits per heavy atom. The molecule has 0 atom stereocenters. The van der Waals surface area contributed by atoms with Gasteiger partial charge in [0.15, 0.2) is 0 Å². The van der Waals surface area contributed by atoms with Gasteiger partial charge >= 0.3 is 0 Å². The molecule has 0 N–H and O–H groups in total. The van der Waals surface area contributed by atoms with E-state index in [2.05, 4.69) is 9.97 Å². The van der Waals surface area contributed by atoms with Gasteiger partial charge < -0.3 is 0 Å². The molecular formula is C11H6Cl2N2O. The maximum absolute atomic E-state index is 11.9. The highest BCUT2D eigenvalue weighted by molar-refractivity contribution is 6.37. The second kappa shape index (κ2) is 4.60. The lowest BCUT2D eigenvalue weighted by Crippen LogP contribution is -2.06. The topological polar surface area (TPSA) is 42.9 Å². The van der Waals surface area contributed by atoms with Crippen LogP contribution >= 0.6 is 23.2 Å². The van der Waals surface area contributed by atoms with E-state index in [9.17, 15) is 4.79 Å². The molecule has 0 aliphatic heterocycles. The second-order valence-corrected chi connectivity index (χ2v) is 3.87.